The largest absolute Gasteiger partial charge is 0.511 e. The molecule has 2 aliphatic carbocycles. The molecule has 0 radical (unpaired) electrons. The molecular formula is C28H32N2O6. The van der Waals surface area contributed by atoms with Gasteiger partial charge in [-0.05, 0) is 43.6 Å². The van der Waals surface area contributed by atoms with Gasteiger partial charge in [0.25, 0.3) is 0 Å². The van der Waals surface area contributed by atoms with Gasteiger partial charge in [-0.2, -0.15) is 0 Å². The number of allylic oxidation sites excluding steroid dienone is 2. The Kier molecular flexibility index (Phi) is 8.46. The van der Waals surface area contributed by atoms with Crippen LogP contribution in [0.5, 0.6) is 0 Å². The maximum absolute atomic E-state index is 13.2. The van der Waals surface area contributed by atoms with E-state index < -0.39 is 5.97 Å². The fourth-order valence-electron chi connectivity index (χ4n) is 5.04. The van der Waals surface area contributed by atoms with Gasteiger partial charge >= 0.3 is 5.97 Å². The Labute approximate surface area is 210 Å². The maximum atomic E-state index is 13.2. The van der Waals surface area contributed by atoms with Crippen molar-refractivity contribution < 1.29 is 29.1 Å². The zero-order valence-electron chi connectivity index (χ0n) is 20.4. The van der Waals surface area contributed by atoms with E-state index in [9.17, 15) is 19.5 Å². The highest BCUT2D eigenvalue weighted by atomic mass is 16.5. The summed E-state index contributed by atoms with van der Waals surface area (Å²) < 4.78 is 5.40. The fourth-order valence-corrected chi connectivity index (χ4v) is 5.04. The van der Waals surface area contributed by atoms with Gasteiger partial charge in [0.1, 0.15) is 11.5 Å². The minimum Gasteiger partial charge on any atom is -0.511 e. The minimum absolute atomic E-state index is 0.0333. The van der Waals surface area contributed by atoms with E-state index >= 15 is 0 Å². The SMILES string of the molecule is O=C(O)CCCCCN=C(CCc1noc2c1C(=O)CCC2)C1=C(O)CC(c2ccccc2)CC1=O. The van der Waals surface area contributed by atoms with E-state index in [1.807, 2.05) is 30.3 Å². The predicted octanol–water partition coefficient (Wildman–Crippen LogP) is 5.17. The smallest absolute Gasteiger partial charge is 0.303 e. The van der Waals surface area contributed by atoms with Crippen LogP contribution in [0.2, 0.25) is 0 Å². The molecule has 0 saturated heterocycles. The summed E-state index contributed by atoms with van der Waals surface area (Å²) in [6.45, 7) is 0.428. The highest BCUT2D eigenvalue weighted by Crippen LogP contribution is 2.35. The lowest BCUT2D eigenvalue weighted by molar-refractivity contribution is -0.137. The summed E-state index contributed by atoms with van der Waals surface area (Å²) in [5.74, 6) is -0.343. The Morgan fingerprint density at radius 3 is 2.58 bits per heavy atom. The number of fused-ring (bicyclic) bond motifs is 1. The van der Waals surface area contributed by atoms with Gasteiger partial charge in [0.15, 0.2) is 11.6 Å². The van der Waals surface area contributed by atoms with Crippen LogP contribution >= 0.6 is 0 Å². The normalized spacial score (nSPS) is 18.4. The second kappa shape index (κ2) is 11.9. The number of nitrogens with zero attached hydrogens (tertiary/aromatic N) is 2. The van der Waals surface area contributed by atoms with Crippen molar-refractivity contribution in [2.24, 2.45) is 4.99 Å². The molecule has 0 bridgehead atoms. The van der Waals surface area contributed by atoms with Crippen molar-refractivity contribution in [2.45, 2.75) is 76.5 Å². The highest BCUT2D eigenvalue weighted by molar-refractivity contribution is 6.23. The molecule has 4 rings (SSSR count). The number of aliphatic carboxylic acids is 1. The molecule has 8 nitrogen and oxygen atoms in total. The molecule has 0 amide bonds. The van der Waals surface area contributed by atoms with E-state index in [2.05, 4.69) is 10.1 Å². The van der Waals surface area contributed by atoms with Crippen LogP contribution in [0.4, 0.5) is 0 Å². The average Bonchev–Trinajstić information content (AvgIpc) is 3.28. The number of aliphatic imine (C=N–C) groups is 1. The zero-order valence-corrected chi connectivity index (χ0v) is 20.4. The van der Waals surface area contributed by atoms with Gasteiger partial charge in [-0.1, -0.05) is 41.9 Å². The quantitative estimate of drug-likeness (QED) is 0.327. The van der Waals surface area contributed by atoms with Crippen molar-refractivity contribution in [3.8, 4) is 0 Å². The average molecular weight is 493 g/mol. The molecule has 1 aromatic heterocycles. The number of aliphatic hydroxyl groups is 1. The van der Waals surface area contributed by atoms with Crippen LogP contribution in [0.1, 0.15) is 91.1 Å². The number of unbranched alkanes of at least 4 members (excludes halogenated alkanes) is 2. The van der Waals surface area contributed by atoms with Gasteiger partial charge in [0.05, 0.1) is 16.8 Å². The van der Waals surface area contributed by atoms with Gasteiger partial charge < -0.3 is 14.7 Å². The molecule has 1 heterocycles. The molecule has 36 heavy (non-hydrogen) atoms. The number of aliphatic hydroxyl groups excluding tert-OH is 1. The van der Waals surface area contributed by atoms with Crippen LogP contribution in [-0.2, 0) is 22.4 Å². The molecule has 0 saturated carbocycles. The third-order valence-electron chi connectivity index (χ3n) is 6.87. The molecule has 2 aliphatic rings. The molecule has 190 valence electrons. The molecular weight excluding hydrogens is 460 g/mol. The van der Waals surface area contributed by atoms with E-state index in [0.29, 0.717) is 87.1 Å². The Hall–Kier alpha value is -3.55. The number of carbonyl (C=O) groups excluding carboxylic acids is 2. The monoisotopic (exact) mass is 492 g/mol. The first kappa shape index (κ1) is 25.5. The number of carboxylic acids is 1. The second-order valence-corrected chi connectivity index (χ2v) is 9.50. The van der Waals surface area contributed by atoms with Crippen molar-refractivity contribution in [2.75, 3.05) is 6.54 Å². The molecule has 0 fully saturated rings. The number of hydrogen-bond donors (Lipinski definition) is 2. The second-order valence-electron chi connectivity index (χ2n) is 9.50. The van der Waals surface area contributed by atoms with Crippen LogP contribution in [0.25, 0.3) is 0 Å². The number of Topliss-reactive ketones (excluding diaryl/α,β-unsaturated/α-hetero) is 2. The Bertz CT molecular complexity index is 1180. The number of aromatic nitrogens is 1. The molecule has 2 N–H and O–H groups in total. The van der Waals surface area contributed by atoms with Crippen LogP contribution in [0.3, 0.4) is 0 Å². The Morgan fingerprint density at radius 1 is 1.03 bits per heavy atom. The lowest BCUT2D eigenvalue weighted by Crippen LogP contribution is -2.24. The number of carboxylic acid groups (broad SMARTS) is 1. The minimum atomic E-state index is -0.819. The number of hydrogen-bond acceptors (Lipinski definition) is 7. The standard InChI is InChI=1S/C28H32N2O6/c31-22-10-7-11-25-28(22)21(30-36-25)14-13-20(29-15-6-2-5-12-26(34)35)27-23(32)16-19(17-24(27)33)18-8-3-1-4-9-18/h1,3-4,8-9,19,32H,2,5-7,10-17H2,(H,34,35). The van der Waals surface area contributed by atoms with Gasteiger partial charge in [-0.15, -0.1) is 0 Å². The lowest BCUT2D eigenvalue weighted by atomic mass is 9.80. The first-order valence-corrected chi connectivity index (χ1v) is 12.7. The van der Waals surface area contributed by atoms with Crippen LogP contribution in [0.15, 0.2) is 51.2 Å². The van der Waals surface area contributed by atoms with E-state index in [4.69, 9.17) is 9.63 Å². The summed E-state index contributed by atoms with van der Waals surface area (Å²) >= 11 is 0. The van der Waals surface area contributed by atoms with E-state index in [1.165, 1.54) is 0 Å². The number of rotatable bonds is 11. The number of carbonyl (C=O) groups is 3. The van der Waals surface area contributed by atoms with Crippen molar-refractivity contribution in [1.82, 2.24) is 5.16 Å². The molecule has 1 aromatic carbocycles. The highest BCUT2D eigenvalue weighted by Gasteiger charge is 2.32. The van der Waals surface area contributed by atoms with Gasteiger partial charge in [-0.3, -0.25) is 19.4 Å². The van der Waals surface area contributed by atoms with Gasteiger partial charge in [-0.25, -0.2) is 0 Å². The number of benzene rings is 1. The van der Waals surface area contributed by atoms with E-state index in [-0.39, 0.29) is 35.2 Å². The first-order chi connectivity index (χ1) is 17.4. The number of ketones is 2. The molecule has 0 aliphatic heterocycles. The number of aryl methyl sites for hydroxylation is 2. The van der Waals surface area contributed by atoms with Gasteiger partial charge in [0, 0.05) is 44.4 Å². The molecule has 0 spiro atoms. The summed E-state index contributed by atoms with van der Waals surface area (Å²) in [4.78, 5) is 41.1. The maximum Gasteiger partial charge on any atom is 0.303 e. The van der Waals surface area contributed by atoms with Crippen molar-refractivity contribution >= 4 is 23.2 Å². The first-order valence-electron chi connectivity index (χ1n) is 12.7. The fraction of sp³-hybridized carbons (Fsp3) is 0.464. The van der Waals surface area contributed by atoms with E-state index in [1.54, 1.807) is 0 Å². The van der Waals surface area contributed by atoms with Gasteiger partial charge in [0.2, 0.25) is 0 Å². The third kappa shape index (κ3) is 6.17. The predicted molar refractivity (Wildman–Crippen MR) is 134 cm³/mol. The van der Waals surface area contributed by atoms with Crippen molar-refractivity contribution in [3.63, 3.8) is 0 Å². The lowest BCUT2D eigenvalue weighted by Gasteiger charge is -2.24. The molecule has 1 atom stereocenters. The third-order valence-corrected chi connectivity index (χ3v) is 6.87. The molecule has 8 heteroatoms. The summed E-state index contributed by atoms with van der Waals surface area (Å²) in [5, 5.41) is 23.9. The summed E-state index contributed by atoms with van der Waals surface area (Å²) in [6.07, 6.45) is 5.39. The summed E-state index contributed by atoms with van der Waals surface area (Å²) in [7, 11) is 0. The molecule has 2 aromatic rings. The molecule has 1 unspecified atom stereocenters. The summed E-state index contributed by atoms with van der Waals surface area (Å²) in [6, 6.07) is 9.70. The van der Waals surface area contributed by atoms with E-state index in [0.717, 1.165) is 12.0 Å². The Morgan fingerprint density at radius 2 is 1.83 bits per heavy atom. The van der Waals surface area contributed by atoms with Crippen LogP contribution < -0.4 is 0 Å². The van der Waals surface area contributed by atoms with Crippen molar-refractivity contribution in [1.29, 1.82) is 0 Å². The zero-order chi connectivity index (χ0) is 25.5. The van der Waals surface area contributed by atoms with Crippen LogP contribution in [0, 0.1) is 0 Å². The Balaban J connectivity index is 1.52. The topological polar surface area (TPSA) is 130 Å². The van der Waals surface area contributed by atoms with Crippen molar-refractivity contribution in [3.05, 3.63) is 64.2 Å². The summed E-state index contributed by atoms with van der Waals surface area (Å²) in [5.41, 5.74) is 2.95. The van der Waals surface area contributed by atoms with Crippen LogP contribution in [-0.4, -0.2) is 45.2 Å².